The van der Waals surface area contributed by atoms with Crippen LogP contribution in [0.15, 0.2) is 66.9 Å². The standard InChI is InChI=1S/C29H35N5O3.2C2H6.CH2O2/c1-19-17-32(27(36)16-9-22-7-5-4-6-8-22)18-25-14-15-26(33(19)25)29(37)34(31)28(21(3)35)24-12-10-23(11-13-24)20(2)30;2*1-2;2-1-3/h4-8,10-13,25-26,28,30H,1,9,14-18,31H2,2-3H3;2*1-2H3;1H,(H,2,3). The fourth-order valence-electron chi connectivity index (χ4n) is 5.45. The third kappa shape index (κ3) is 9.87. The maximum Gasteiger partial charge on any atom is 0.290 e. The third-order valence-electron chi connectivity index (χ3n) is 7.36. The molecule has 2 aliphatic rings. The summed E-state index contributed by atoms with van der Waals surface area (Å²) in [5.74, 6) is 5.82. The quantitative estimate of drug-likeness (QED) is 0.126. The van der Waals surface area contributed by atoms with Crippen molar-refractivity contribution in [2.75, 3.05) is 13.1 Å². The van der Waals surface area contributed by atoms with E-state index in [1.165, 1.54) is 6.92 Å². The van der Waals surface area contributed by atoms with E-state index < -0.39 is 12.1 Å². The number of nitrogens with zero attached hydrogens (tertiary/aromatic N) is 3. The van der Waals surface area contributed by atoms with Gasteiger partial charge in [-0.2, -0.15) is 0 Å². The van der Waals surface area contributed by atoms with E-state index in [-0.39, 0.29) is 30.1 Å². The van der Waals surface area contributed by atoms with Gasteiger partial charge in [0.05, 0.1) is 6.54 Å². The summed E-state index contributed by atoms with van der Waals surface area (Å²) in [5, 5.41) is 15.7. The van der Waals surface area contributed by atoms with Crippen molar-refractivity contribution < 1.29 is 24.3 Å². The lowest BCUT2D eigenvalue weighted by Gasteiger charge is -2.43. The molecule has 0 spiro atoms. The number of nitrogens with two attached hydrogens (primary N) is 1. The largest absolute Gasteiger partial charge is 0.483 e. The smallest absolute Gasteiger partial charge is 0.290 e. The summed E-state index contributed by atoms with van der Waals surface area (Å²) >= 11 is 0. The summed E-state index contributed by atoms with van der Waals surface area (Å²) in [6.45, 7) is 16.0. The van der Waals surface area contributed by atoms with Gasteiger partial charge in [-0.25, -0.2) is 5.84 Å². The van der Waals surface area contributed by atoms with Crippen molar-refractivity contribution in [3.05, 3.63) is 83.6 Å². The molecule has 2 aromatic carbocycles. The van der Waals surface area contributed by atoms with E-state index in [1.54, 1.807) is 31.2 Å². The first-order chi connectivity index (χ1) is 21.1. The molecule has 240 valence electrons. The van der Waals surface area contributed by atoms with Crippen molar-refractivity contribution in [3.63, 3.8) is 0 Å². The molecule has 0 bridgehead atoms. The molecule has 0 saturated carbocycles. The van der Waals surface area contributed by atoms with Crippen molar-refractivity contribution in [1.29, 1.82) is 5.41 Å². The number of hydrogen-bond donors (Lipinski definition) is 3. The maximum atomic E-state index is 13.6. The number of fused-ring (bicyclic) bond motifs is 1. The van der Waals surface area contributed by atoms with Crippen LogP contribution in [0.5, 0.6) is 0 Å². The second-order valence-corrected chi connectivity index (χ2v) is 10.1. The number of Topliss-reactive ketones (excluding diaryl/α,β-unsaturated/α-hetero) is 1. The summed E-state index contributed by atoms with van der Waals surface area (Å²) in [6.07, 6.45) is 2.44. The fourth-order valence-corrected chi connectivity index (χ4v) is 5.45. The minimum Gasteiger partial charge on any atom is -0.483 e. The monoisotopic (exact) mass is 607 g/mol. The molecule has 2 aliphatic heterocycles. The van der Waals surface area contributed by atoms with E-state index >= 15 is 0 Å². The Labute approximate surface area is 262 Å². The van der Waals surface area contributed by atoms with Gasteiger partial charge >= 0.3 is 0 Å². The summed E-state index contributed by atoms with van der Waals surface area (Å²) in [6, 6.07) is 15.5. The molecule has 3 unspecified atom stereocenters. The molecule has 10 nitrogen and oxygen atoms in total. The molecule has 2 aromatic rings. The lowest BCUT2D eigenvalue weighted by atomic mass is 9.99. The van der Waals surface area contributed by atoms with Gasteiger partial charge in [-0.1, -0.05) is 88.9 Å². The topological polar surface area (TPSA) is 148 Å². The first kappa shape index (κ1) is 37.7. The summed E-state index contributed by atoms with van der Waals surface area (Å²) in [4.78, 5) is 51.3. The van der Waals surface area contributed by atoms with Gasteiger partial charge in [0, 0.05) is 30.4 Å². The molecule has 0 aromatic heterocycles. The Morgan fingerprint density at radius 2 is 1.61 bits per heavy atom. The Balaban J connectivity index is 0.00000128. The Kier molecular flexibility index (Phi) is 16.3. The van der Waals surface area contributed by atoms with Gasteiger partial charge in [-0.15, -0.1) is 0 Å². The number of benzene rings is 2. The number of carboxylic acid groups (broad SMARTS) is 1. The molecular weight excluding hydrogens is 558 g/mol. The van der Waals surface area contributed by atoms with E-state index in [4.69, 9.17) is 21.2 Å². The molecule has 44 heavy (non-hydrogen) atoms. The number of piperazine rings is 1. The predicted molar refractivity (Wildman–Crippen MR) is 174 cm³/mol. The Morgan fingerprint density at radius 3 is 2.14 bits per heavy atom. The van der Waals surface area contributed by atoms with Crippen LogP contribution in [0.4, 0.5) is 0 Å². The van der Waals surface area contributed by atoms with E-state index in [0.29, 0.717) is 43.6 Å². The van der Waals surface area contributed by atoms with Crippen molar-refractivity contribution in [2.45, 2.75) is 85.4 Å². The Bertz CT molecular complexity index is 1250. The highest BCUT2D eigenvalue weighted by Gasteiger charge is 2.45. The number of hydrogen-bond acceptors (Lipinski definition) is 7. The average molecular weight is 608 g/mol. The van der Waals surface area contributed by atoms with Crippen molar-refractivity contribution in [3.8, 4) is 0 Å². The predicted octanol–water partition coefficient (Wildman–Crippen LogP) is 4.98. The van der Waals surface area contributed by atoms with Crippen LogP contribution < -0.4 is 5.84 Å². The highest BCUT2D eigenvalue weighted by Crippen LogP contribution is 2.34. The second-order valence-electron chi connectivity index (χ2n) is 10.1. The van der Waals surface area contributed by atoms with Crippen LogP contribution in [0.3, 0.4) is 0 Å². The van der Waals surface area contributed by atoms with Crippen molar-refractivity contribution in [2.24, 2.45) is 5.84 Å². The molecule has 10 heteroatoms. The van der Waals surface area contributed by atoms with Crippen LogP contribution in [0, 0.1) is 5.41 Å². The maximum absolute atomic E-state index is 13.6. The molecule has 3 atom stereocenters. The summed E-state index contributed by atoms with van der Waals surface area (Å²) in [5.41, 5.74) is 3.62. The Morgan fingerprint density at radius 1 is 1.05 bits per heavy atom. The second kappa shape index (κ2) is 19.1. The summed E-state index contributed by atoms with van der Waals surface area (Å²) < 4.78 is 0. The number of aryl methyl sites for hydroxylation is 1. The van der Waals surface area contributed by atoms with Gasteiger partial charge in [0.25, 0.3) is 12.4 Å². The Hall–Kier alpha value is -4.31. The van der Waals surface area contributed by atoms with E-state index in [1.807, 2.05) is 67.8 Å². The number of rotatable bonds is 8. The molecule has 2 saturated heterocycles. The van der Waals surface area contributed by atoms with Crippen LogP contribution in [0.2, 0.25) is 0 Å². The number of nitrogens with one attached hydrogen (secondary N) is 1. The molecule has 2 heterocycles. The van der Waals surface area contributed by atoms with Gasteiger partial charge in [-0.05, 0) is 49.8 Å². The lowest BCUT2D eigenvalue weighted by Crippen LogP contribution is -2.57. The summed E-state index contributed by atoms with van der Waals surface area (Å²) in [7, 11) is 0. The lowest BCUT2D eigenvalue weighted by molar-refractivity contribution is -0.144. The minimum absolute atomic E-state index is 0.00472. The molecule has 0 radical (unpaired) electrons. The number of amides is 2. The first-order valence-corrected chi connectivity index (χ1v) is 15.2. The highest BCUT2D eigenvalue weighted by atomic mass is 16.3. The van der Waals surface area contributed by atoms with E-state index in [2.05, 4.69) is 6.58 Å². The number of carbonyl (C=O) groups is 4. The minimum atomic E-state index is -0.916. The third-order valence-corrected chi connectivity index (χ3v) is 7.36. The van der Waals surface area contributed by atoms with E-state index in [9.17, 15) is 14.4 Å². The first-order valence-electron chi connectivity index (χ1n) is 15.2. The zero-order valence-electron chi connectivity index (χ0n) is 27.0. The molecule has 0 aliphatic carbocycles. The number of hydrazine groups is 1. The van der Waals surface area contributed by atoms with Gasteiger partial charge in [0.2, 0.25) is 5.91 Å². The normalized spacial score (nSPS) is 17.2. The zero-order valence-corrected chi connectivity index (χ0v) is 27.0. The molecule has 4 N–H and O–H groups in total. The highest BCUT2D eigenvalue weighted by molar-refractivity contribution is 5.96. The zero-order chi connectivity index (χ0) is 33.4. The van der Waals surface area contributed by atoms with Crippen LogP contribution in [-0.4, -0.2) is 74.9 Å². The van der Waals surface area contributed by atoms with Crippen molar-refractivity contribution >= 4 is 29.8 Å². The fraction of sp³-hybridized carbons (Fsp3) is 0.441. The number of ketones is 1. The molecule has 2 fully saturated rings. The number of carbonyl (C=O) groups excluding carboxylic acids is 3. The van der Waals surface area contributed by atoms with Gasteiger partial charge in [0.15, 0.2) is 5.78 Å². The van der Waals surface area contributed by atoms with Crippen LogP contribution >= 0.6 is 0 Å². The van der Waals surface area contributed by atoms with Gasteiger partial charge in [-0.3, -0.25) is 24.2 Å². The average Bonchev–Trinajstić information content (AvgIpc) is 3.47. The van der Waals surface area contributed by atoms with Gasteiger partial charge in [0.1, 0.15) is 12.1 Å². The van der Waals surface area contributed by atoms with Crippen LogP contribution in [0.1, 0.15) is 83.5 Å². The SMILES string of the molecule is C=C1CN(C(=O)CCc2ccccc2)CC2CCC(C(=O)N(N)C(C(C)=O)c3ccc(C(C)=N)cc3)N12.CC.CC.O=CO. The van der Waals surface area contributed by atoms with E-state index in [0.717, 1.165) is 28.3 Å². The van der Waals surface area contributed by atoms with Crippen molar-refractivity contribution in [1.82, 2.24) is 14.8 Å². The van der Waals surface area contributed by atoms with Crippen LogP contribution in [0.25, 0.3) is 0 Å². The molecule has 2 amide bonds. The molecule has 4 rings (SSSR count). The molecular formula is C34H49N5O5. The van der Waals surface area contributed by atoms with Crippen LogP contribution in [-0.2, 0) is 25.6 Å². The van der Waals surface area contributed by atoms with Gasteiger partial charge < -0.3 is 20.3 Å².